The second-order valence-electron chi connectivity index (χ2n) is 0.631. The third-order valence-electron chi connectivity index (χ3n) is 0.244. The lowest BCUT2D eigenvalue weighted by Gasteiger charge is -1.88. The van der Waals surface area contributed by atoms with Gasteiger partial charge in [0.25, 0.3) is 5.76 Å². The van der Waals surface area contributed by atoms with Crippen LogP contribution in [0, 0.1) is 6.92 Å². The molecule has 0 aromatic heterocycles. The van der Waals surface area contributed by atoms with Crippen LogP contribution in [0.25, 0.3) is 0 Å². The normalized spacial score (nSPS) is 10.0. The van der Waals surface area contributed by atoms with Crippen molar-refractivity contribution in [1.29, 1.82) is 0 Å². The van der Waals surface area contributed by atoms with Crippen LogP contribution in [0.5, 0.6) is 0 Å². The van der Waals surface area contributed by atoms with E-state index in [-0.39, 0.29) is 5.75 Å². The number of rotatable bonds is 2. The van der Waals surface area contributed by atoms with Gasteiger partial charge in [0, 0.05) is 0 Å². The fourth-order valence-corrected chi connectivity index (χ4v) is 0.267. The zero-order valence-electron chi connectivity index (χ0n) is 3.16. The molecule has 0 rings (SSSR count). The molecule has 0 spiro atoms. The largest absolute Gasteiger partial charge is 0.284 e. The van der Waals surface area contributed by atoms with Gasteiger partial charge in [-0.25, -0.2) is 0 Å². The molecule has 6 heavy (non-hydrogen) atoms. The van der Waals surface area contributed by atoms with E-state index in [1.54, 1.807) is 0 Å². The molecule has 37 valence electrons. The first-order valence-electron chi connectivity index (χ1n) is 1.46. The summed E-state index contributed by atoms with van der Waals surface area (Å²) >= 11 is 0.542. The lowest BCUT2D eigenvalue weighted by Crippen LogP contribution is -1.79. The summed E-state index contributed by atoms with van der Waals surface area (Å²) in [5, 5.41) is 0. The van der Waals surface area contributed by atoms with Crippen LogP contribution in [0.15, 0.2) is 0 Å². The molecule has 0 bridgehead atoms. The van der Waals surface area contributed by atoms with E-state index in [2.05, 4.69) is 6.92 Å². The molecule has 0 nitrogen and oxygen atoms in total. The standard InChI is InChI=1S/C3H5F2S/c1-2-6-3(4)5/h3H,1-2H2. The molecule has 0 aromatic carbocycles. The monoisotopic (exact) mass is 111 g/mol. The number of hydrogen-bond donors (Lipinski definition) is 0. The molecule has 0 unspecified atom stereocenters. The van der Waals surface area contributed by atoms with Gasteiger partial charge in [0.2, 0.25) is 0 Å². The number of thioether (sulfide) groups is 1. The maximum atomic E-state index is 11.0. The second kappa shape index (κ2) is 3.40. The van der Waals surface area contributed by atoms with Crippen molar-refractivity contribution in [1.82, 2.24) is 0 Å². The lowest BCUT2D eigenvalue weighted by molar-refractivity contribution is 0.252. The zero-order chi connectivity index (χ0) is 4.99. The van der Waals surface area contributed by atoms with Crippen molar-refractivity contribution in [2.24, 2.45) is 0 Å². The predicted octanol–water partition coefficient (Wildman–Crippen LogP) is 1.78. The molecule has 0 aromatic rings. The Labute approximate surface area is 39.9 Å². The molecule has 0 saturated heterocycles. The van der Waals surface area contributed by atoms with E-state index in [1.807, 2.05) is 0 Å². The van der Waals surface area contributed by atoms with Crippen molar-refractivity contribution in [2.45, 2.75) is 5.76 Å². The van der Waals surface area contributed by atoms with E-state index in [9.17, 15) is 8.78 Å². The number of halogens is 2. The van der Waals surface area contributed by atoms with Crippen LogP contribution in [-0.2, 0) is 0 Å². The van der Waals surface area contributed by atoms with Gasteiger partial charge in [0.05, 0.1) is 0 Å². The van der Waals surface area contributed by atoms with Gasteiger partial charge in [-0.3, -0.25) is 0 Å². The first kappa shape index (κ1) is 6.21. The Kier molecular flexibility index (Phi) is 3.52. The van der Waals surface area contributed by atoms with Gasteiger partial charge in [0.15, 0.2) is 0 Å². The van der Waals surface area contributed by atoms with Gasteiger partial charge in [-0.05, 0) is 12.7 Å². The highest BCUT2D eigenvalue weighted by Gasteiger charge is 1.95. The molecular formula is C3H5F2S. The van der Waals surface area contributed by atoms with Crippen LogP contribution in [0.3, 0.4) is 0 Å². The molecule has 3 heteroatoms. The summed E-state index contributed by atoms with van der Waals surface area (Å²) in [7, 11) is 0. The van der Waals surface area contributed by atoms with E-state index in [0.29, 0.717) is 11.8 Å². The van der Waals surface area contributed by atoms with Gasteiger partial charge < -0.3 is 0 Å². The Hall–Kier alpha value is 0.210. The summed E-state index contributed by atoms with van der Waals surface area (Å²) in [6.07, 6.45) is 0. The SMILES string of the molecule is [CH2]CSC(F)F. The lowest BCUT2D eigenvalue weighted by atomic mass is 11.0. The van der Waals surface area contributed by atoms with Crippen LogP contribution in [-0.4, -0.2) is 11.5 Å². The molecule has 0 aliphatic rings. The van der Waals surface area contributed by atoms with Crippen LogP contribution in [0.1, 0.15) is 0 Å². The number of hydrogen-bond acceptors (Lipinski definition) is 1. The summed E-state index contributed by atoms with van der Waals surface area (Å²) in [5.74, 6) is -2.00. The third kappa shape index (κ3) is 4.21. The Bertz CT molecular complexity index is 30.0. The Morgan fingerprint density at radius 1 is 1.67 bits per heavy atom. The highest BCUT2D eigenvalue weighted by Crippen LogP contribution is 2.10. The maximum absolute atomic E-state index is 11.0. The summed E-state index contributed by atoms with van der Waals surface area (Å²) in [6, 6.07) is 0. The van der Waals surface area contributed by atoms with E-state index < -0.39 is 5.76 Å². The highest BCUT2D eigenvalue weighted by molar-refractivity contribution is 7.99. The first-order valence-corrected chi connectivity index (χ1v) is 2.51. The number of alkyl halides is 2. The van der Waals surface area contributed by atoms with Gasteiger partial charge in [-0.1, -0.05) is 11.8 Å². The van der Waals surface area contributed by atoms with Crippen molar-refractivity contribution in [2.75, 3.05) is 5.75 Å². The van der Waals surface area contributed by atoms with Crippen LogP contribution in [0.2, 0.25) is 0 Å². The summed E-state index contributed by atoms with van der Waals surface area (Å²) in [4.78, 5) is 0. The van der Waals surface area contributed by atoms with Gasteiger partial charge in [0.1, 0.15) is 0 Å². The second-order valence-corrected chi connectivity index (χ2v) is 1.73. The molecule has 0 saturated carbocycles. The van der Waals surface area contributed by atoms with E-state index in [4.69, 9.17) is 0 Å². The smallest absolute Gasteiger partial charge is 0.198 e. The van der Waals surface area contributed by atoms with Gasteiger partial charge in [-0.2, -0.15) is 8.78 Å². The Morgan fingerprint density at radius 3 is 2.17 bits per heavy atom. The zero-order valence-corrected chi connectivity index (χ0v) is 3.97. The van der Waals surface area contributed by atoms with Crippen LogP contribution in [0.4, 0.5) is 8.78 Å². The van der Waals surface area contributed by atoms with E-state index in [1.165, 1.54) is 0 Å². The molecule has 0 fully saturated rings. The fourth-order valence-electron chi connectivity index (χ4n) is 0.0891. The molecule has 0 aliphatic carbocycles. The van der Waals surface area contributed by atoms with Crippen molar-refractivity contribution in [3.8, 4) is 0 Å². The molecular weight excluding hydrogens is 106 g/mol. The van der Waals surface area contributed by atoms with Crippen molar-refractivity contribution in [3.63, 3.8) is 0 Å². The average Bonchev–Trinajstić information content (AvgIpc) is 1.35. The summed E-state index contributed by atoms with van der Waals surface area (Å²) < 4.78 is 21.9. The topological polar surface area (TPSA) is 0 Å². The highest BCUT2D eigenvalue weighted by atomic mass is 32.2. The third-order valence-corrected chi connectivity index (χ3v) is 0.732. The predicted molar refractivity (Wildman–Crippen MR) is 23.8 cm³/mol. The molecule has 0 aliphatic heterocycles. The van der Waals surface area contributed by atoms with Gasteiger partial charge >= 0.3 is 0 Å². The maximum Gasteiger partial charge on any atom is 0.284 e. The minimum absolute atomic E-state index is 0.248. The summed E-state index contributed by atoms with van der Waals surface area (Å²) in [5.41, 5.74) is 0. The van der Waals surface area contributed by atoms with Crippen molar-refractivity contribution in [3.05, 3.63) is 6.92 Å². The average molecular weight is 111 g/mol. The Morgan fingerprint density at radius 2 is 2.17 bits per heavy atom. The van der Waals surface area contributed by atoms with Crippen LogP contribution < -0.4 is 0 Å². The van der Waals surface area contributed by atoms with E-state index >= 15 is 0 Å². The molecule has 0 atom stereocenters. The molecule has 0 heterocycles. The minimum Gasteiger partial charge on any atom is -0.198 e. The quantitative estimate of drug-likeness (QED) is 0.523. The van der Waals surface area contributed by atoms with E-state index in [0.717, 1.165) is 0 Å². The Balaban J connectivity index is 2.63. The van der Waals surface area contributed by atoms with Crippen molar-refractivity contribution >= 4 is 11.8 Å². The van der Waals surface area contributed by atoms with Crippen LogP contribution >= 0.6 is 11.8 Å². The minimum atomic E-state index is -2.25. The first-order chi connectivity index (χ1) is 2.77. The van der Waals surface area contributed by atoms with Crippen molar-refractivity contribution < 1.29 is 8.78 Å². The molecule has 0 amide bonds. The van der Waals surface area contributed by atoms with Gasteiger partial charge in [-0.15, -0.1) is 0 Å². The fraction of sp³-hybridized carbons (Fsp3) is 0.667. The summed E-state index contributed by atoms with van der Waals surface area (Å²) in [6.45, 7) is 3.21. The molecule has 1 radical (unpaired) electrons. The molecule has 0 N–H and O–H groups in total.